The highest BCUT2D eigenvalue weighted by Crippen LogP contribution is 2.39. The zero-order valence-electron chi connectivity index (χ0n) is 12.3. The predicted molar refractivity (Wildman–Crippen MR) is 81.4 cm³/mol. The lowest BCUT2D eigenvalue weighted by atomic mass is 9.92. The lowest BCUT2D eigenvalue weighted by Crippen LogP contribution is -2.12. The van der Waals surface area contributed by atoms with Gasteiger partial charge in [0.15, 0.2) is 0 Å². The first-order valence-electron chi connectivity index (χ1n) is 7.18. The van der Waals surface area contributed by atoms with Gasteiger partial charge in [-0.3, -0.25) is 0 Å². The Bertz CT molecular complexity index is 637. The second-order valence-electron chi connectivity index (χ2n) is 5.69. The van der Waals surface area contributed by atoms with Crippen LogP contribution < -0.4 is 5.32 Å². The van der Waals surface area contributed by atoms with Crippen LogP contribution in [0, 0.1) is 19.7 Å². The van der Waals surface area contributed by atoms with Gasteiger partial charge in [0.2, 0.25) is 0 Å². The van der Waals surface area contributed by atoms with Gasteiger partial charge in [0.05, 0.1) is 0 Å². The highest BCUT2D eigenvalue weighted by molar-refractivity contribution is 5.73. The summed E-state index contributed by atoms with van der Waals surface area (Å²) in [6.45, 7) is 3.93. The van der Waals surface area contributed by atoms with Crippen molar-refractivity contribution < 1.29 is 4.39 Å². The molecule has 3 rings (SSSR count). The van der Waals surface area contributed by atoms with Crippen LogP contribution in [0.15, 0.2) is 30.3 Å². The van der Waals surface area contributed by atoms with Crippen molar-refractivity contribution in [1.29, 1.82) is 0 Å². The number of rotatable bonds is 2. The summed E-state index contributed by atoms with van der Waals surface area (Å²) < 4.78 is 14.4. The normalized spacial score (nSPS) is 17.3. The fourth-order valence-corrected chi connectivity index (χ4v) is 3.45. The van der Waals surface area contributed by atoms with Crippen molar-refractivity contribution in [1.82, 2.24) is 5.32 Å². The minimum absolute atomic E-state index is 0.108. The SMILES string of the molecule is CNC1CCc2c(-c3c(C)cc(C)cc3F)cccc21. The Balaban J connectivity index is 2.20. The molecule has 1 aliphatic carbocycles. The zero-order valence-corrected chi connectivity index (χ0v) is 12.3. The summed E-state index contributed by atoms with van der Waals surface area (Å²) in [5.41, 5.74) is 6.45. The first-order valence-corrected chi connectivity index (χ1v) is 7.18. The van der Waals surface area contributed by atoms with E-state index >= 15 is 0 Å². The van der Waals surface area contributed by atoms with Gasteiger partial charge in [-0.05, 0) is 67.6 Å². The zero-order chi connectivity index (χ0) is 14.3. The average Bonchev–Trinajstić information content (AvgIpc) is 2.81. The number of fused-ring (bicyclic) bond motifs is 1. The fraction of sp³-hybridized carbons (Fsp3) is 0.333. The van der Waals surface area contributed by atoms with E-state index in [1.54, 1.807) is 6.07 Å². The van der Waals surface area contributed by atoms with Crippen LogP contribution in [-0.4, -0.2) is 7.05 Å². The third kappa shape index (κ3) is 2.04. The van der Waals surface area contributed by atoms with Gasteiger partial charge in [-0.2, -0.15) is 0 Å². The van der Waals surface area contributed by atoms with Crippen molar-refractivity contribution in [2.75, 3.05) is 7.05 Å². The number of halogens is 1. The van der Waals surface area contributed by atoms with Crippen LogP contribution >= 0.6 is 0 Å². The largest absolute Gasteiger partial charge is 0.313 e. The molecule has 0 saturated carbocycles. The topological polar surface area (TPSA) is 12.0 Å². The van der Waals surface area contributed by atoms with Gasteiger partial charge in [-0.15, -0.1) is 0 Å². The van der Waals surface area contributed by atoms with Crippen LogP contribution in [0.4, 0.5) is 4.39 Å². The van der Waals surface area contributed by atoms with E-state index in [-0.39, 0.29) is 5.82 Å². The Hall–Kier alpha value is -1.67. The van der Waals surface area contributed by atoms with E-state index in [1.165, 1.54) is 11.1 Å². The molecular weight excluding hydrogens is 249 g/mol. The molecule has 1 unspecified atom stereocenters. The summed E-state index contributed by atoms with van der Waals surface area (Å²) in [6.07, 6.45) is 2.11. The molecular formula is C18H20FN. The molecule has 0 heterocycles. The summed E-state index contributed by atoms with van der Waals surface area (Å²) in [7, 11) is 1.99. The maximum absolute atomic E-state index is 14.4. The van der Waals surface area contributed by atoms with E-state index in [2.05, 4.69) is 23.5 Å². The minimum Gasteiger partial charge on any atom is -0.313 e. The monoisotopic (exact) mass is 269 g/mol. The van der Waals surface area contributed by atoms with Gasteiger partial charge in [-0.25, -0.2) is 4.39 Å². The molecule has 1 aliphatic rings. The summed E-state index contributed by atoms with van der Waals surface area (Å²) in [5, 5.41) is 3.34. The number of benzene rings is 2. The molecule has 2 aromatic rings. The smallest absolute Gasteiger partial charge is 0.131 e. The van der Waals surface area contributed by atoms with Gasteiger partial charge in [0.25, 0.3) is 0 Å². The van der Waals surface area contributed by atoms with E-state index in [0.29, 0.717) is 6.04 Å². The average molecular weight is 269 g/mol. The number of aryl methyl sites for hydroxylation is 2. The van der Waals surface area contributed by atoms with Gasteiger partial charge in [0, 0.05) is 11.6 Å². The first-order chi connectivity index (χ1) is 9.61. The van der Waals surface area contributed by atoms with E-state index in [4.69, 9.17) is 0 Å². The van der Waals surface area contributed by atoms with Crippen LogP contribution in [-0.2, 0) is 6.42 Å². The molecule has 1 nitrogen and oxygen atoms in total. The molecule has 2 aromatic carbocycles. The summed E-state index contributed by atoms with van der Waals surface area (Å²) in [6, 6.07) is 10.3. The molecule has 1 N–H and O–H groups in total. The van der Waals surface area contributed by atoms with Crippen LogP contribution in [0.25, 0.3) is 11.1 Å². The highest BCUT2D eigenvalue weighted by Gasteiger charge is 2.25. The molecule has 0 amide bonds. The van der Waals surface area contributed by atoms with E-state index < -0.39 is 0 Å². The van der Waals surface area contributed by atoms with Gasteiger partial charge in [0.1, 0.15) is 5.82 Å². The molecule has 0 saturated heterocycles. The quantitative estimate of drug-likeness (QED) is 0.856. The molecule has 0 radical (unpaired) electrons. The fourth-order valence-electron chi connectivity index (χ4n) is 3.45. The maximum atomic E-state index is 14.4. The number of nitrogens with one attached hydrogen (secondary N) is 1. The van der Waals surface area contributed by atoms with Crippen molar-refractivity contribution in [2.45, 2.75) is 32.7 Å². The van der Waals surface area contributed by atoms with E-state index in [1.807, 2.05) is 27.0 Å². The highest BCUT2D eigenvalue weighted by atomic mass is 19.1. The third-order valence-corrected chi connectivity index (χ3v) is 4.32. The lowest BCUT2D eigenvalue weighted by molar-refractivity contribution is 0.590. The number of hydrogen-bond acceptors (Lipinski definition) is 1. The van der Waals surface area contributed by atoms with E-state index in [0.717, 1.165) is 35.1 Å². The third-order valence-electron chi connectivity index (χ3n) is 4.32. The standard InChI is InChI=1S/C18H20FN/c1-11-9-12(2)18(16(19)10-11)15-6-4-5-14-13(15)7-8-17(14)20-3/h4-6,9-10,17,20H,7-8H2,1-3H3. The second kappa shape index (κ2) is 5.02. The Morgan fingerprint density at radius 1 is 1.20 bits per heavy atom. The minimum atomic E-state index is -0.108. The Morgan fingerprint density at radius 3 is 2.70 bits per heavy atom. The van der Waals surface area contributed by atoms with Crippen molar-refractivity contribution in [3.05, 3.63) is 58.4 Å². The maximum Gasteiger partial charge on any atom is 0.131 e. The molecule has 0 aromatic heterocycles. The van der Waals surface area contributed by atoms with Crippen LogP contribution in [0.1, 0.15) is 34.7 Å². The summed E-state index contributed by atoms with van der Waals surface area (Å²) >= 11 is 0. The van der Waals surface area contributed by atoms with Crippen molar-refractivity contribution in [3.8, 4) is 11.1 Å². The first kappa shape index (κ1) is 13.3. The lowest BCUT2D eigenvalue weighted by Gasteiger charge is -2.15. The van der Waals surface area contributed by atoms with Crippen LogP contribution in [0.3, 0.4) is 0 Å². The van der Waals surface area contributed by atoms with Crippen molar-refractivity contribution in [2.24, 2.45) is 0 Å². The molecule has 0 fully saturated rings. The second-order valence-corrected chi connectivity index (χ2v) is 5.69. The van der Waals surface area contributed by atoms with Gasteiger partial charge < -0.3 is 5.32 Å². The molecule has 104 valence electrons. The molecule has 0 bridgehead atoms. The Labute approximate surface area is 119 Å². The van der Waals surface area contributed by atoms with Gasteiger partial charge >= 0.3 is 0 Å². The molecule has 1 atom stereocenters. The van der Waals surface area contributed by atoms with Crippen LogP contribution in [0.5, 0.6) is 0 Å². The van der Waals surface area contributed by atoms with E-state index in [9.17, 15) is 4.39 Å². The Morgan fingerprint density at radius 2 is 2.00 bits per heavy atom. The van der Waals surface area contributed by atoms with Crippen molar-refractivity contribution in [3.63, 3.8) is 0 Å². The van der Waals surface area contributed by atoms with Crippen LogP contribution in [0.2, 0.25) is 0 Å². The molecule has 20 heavy (non-hydrogen) atoms. The predicted octanol–water partition coefficient (Wildman–Crippen LogP) is 4.32. The Kier molecular flexibility index (Phi) is 3.35. The number of hydrogen-bond donors (Lipinski definition) is 1. The molecule has 2 heteroatoms. The molecule has 0 aliphatic heterocycles. The van der Waals surface area contributed by atoms with Gasteiger partial charge in [-0.1, -0.05) is 24.3 Å². The summed E-state index contributed by atoms with van der Waals surface area (Å²) in [5.74, 6) is -0.108. The van der Waals surface area contributed by atoms with Crippen molar-refractivity contribution >= 4 is 0 Å². The summed E-state index contributed by atoms with van der Waals surface area (Å²) in [4.78, 5) is 0. The molecule has 0 spiro atoms.